The van der Waals surface area contributed by atoms with Crippen LogP contribution in [-0.4, -0.2) is 17.7 Å². The topological polar surface area (TPSA) is 46.5 Å². The van der Waals surface area contributed by atoms with Gasteiger partial charge in [-0.1, -0.05) is 42.0 Å². The van der Waals surface area contributed by atoms with Gasteiger partial charge in [-0.3, -0.25) is 4.79 Å². The molecule has 0 spiro atoms. The lowest BCUT2D eigenvalue weighted by molar-refractivity contribution is -0.139. The van der Waals surface area contributed by atoms with E-state index in [0.717, 1.165) is 22.4 Å². The molecule has 3 nitrogen and oxygen atoms in total. The van der Waals surface area contributed by atoms with Gasteiger partial charge in [0.2, 0.25) is 0 Å². The van der Waals surface area contributed by atoms with Gasteiger partial charge in [0, 0.05) is 0 Å². The van der Waals surface area contributed by atoms with Gasteiger partial charge in [-0.2, -0.15) is 0 Å². The van der Waals surface area contributed by atoms with Crippen LogP contribution in [0.5, 0.6) is 5.75 Å². The van der Waals surface area contributed by atoms with Crippen molar-refractivity contribution >= 4 is 5.97 Å². The van der Waals surface area contributed by atoms with Gasteiger partial charge in [-0.15, -0.1) is 0 Å². The molecule has 2 rings (SSSR count). The molecule has 0 saturated carbocycles. The van der Waals surface area contributed by atoms with E-state index in [9.17, 15) is 9.90 Å². The normalized spacial score (nSPS) is 11.9. The smallest absolute Gasteiger partial charge is 0.310 e. The minimum atomic E-state index is -0.778. The number of ether oxygens (including phenoxy) is 1. The van der Waals surface area contributed by atoms with Crippen LogP contribution in [0.15, 0.2) is 48.5 Å². The van der Waals surface area contributed by atoms with Gasteiger partial charge in [0.25, 0.3) is 0 Å². The molecule has 22 heavy (non-hydrogen) atoms. The van der Waals surface area contributed by atoms with Crippen LogP contribution in [0.3, 0.4) is 0 Å². The Bertz CT molecular complexity index is 617. The average Bonchev–Trinajstić information content (AvgIpc) is 2.48. The second kappa shape index (κ2) is 7.64. The molecule has 1 atom stereocenters. The van der Waals surface area contributed by atoms with Crippen molar-refractivity contribution < 1.29 is 14.6 Å². The highest BCUT2D eigenvalue weighted by Crippen LogP contribution is 2.22. The monoisotopic (exact) mass is 298 g/mol. The van der Waals surface area contributed by atoms with Gasteiger partial charge >= 0.3 is 5.97 Å². The van der Waals surface area contributed by atoms with Crippen molar-refractivity contribution in [3.8, 4) is 5.75 Å². The molecule has 0 fully saturated rings. The van der Waals surface area contributed by atoms with Crippen molar-refractivity contribution in [2.24, 2.45) is 0 Å². The second-order valence-corrected chi connectivity index (χ2v) is 5.61. The van der Waals surface area contributed by atoms with Gasteiger partial charge in [0.1, 0.15) is 5.75 Å². The third-order valence-corrected chi connectivity index (χ3v) is 3.67. The molecule has 0 heterocycles. The van der Waals surface area contributed by atoms with E-state index in [1.807, 2.05) is 62.4 Å². The van der Waals surface area contributed by atoms with Crippen LogP contribution in [0.1, 0.15) is 35.4 Å². The van der Waals surface area contributed by atoms with Crippen molar-refractivity contribution in [3.05, 3.63) is 65.2 Å². The molecular weight excluding hydrogens is 276 g/mol. The summed E-state index contributed by atoms with van der Waals surface area (Å²) in [5.74, 6) is -0.414. The maximum absolute atomic E-state index is 11.5. The summed E-state index contributed by atoms with van der Waals surface area (Å²) in [6.07, 6.45) is 1.28. The number of hydrogen-bond donors (Lipinski definition) is 1. The van der Waals surface area contributed by atoms with Crippen molar-refractivity contribution in [2.75, 3.05) is 6.61 Å². The first-order valence-corrected chi connectivity index (χ1v) is 7.55. The Morgan fingerprint density at radius 3 is 2.45 bits per heavy atom. The Morgan fingerprint density at radius 1 is 1.09 bits per heavy atom. The fourth-order valence-electron chi connectivity index (χ4n) is 2.41. The van der Waals surface area contributed by atoms with E-state index in [4.69, 9.17) is 4.74 Å². The Hall–Kier alpha value is -2.29. The zero-order valence-corrected chi connectivity index (χ0v) is 13.1. The van der Waals surface area contributed by atoms with E-state index in [0.29, 0.717) is 19.4 Å². The lowest BCUT2D eigenvalue weighted by Gasteiger charge is -2.13. The van der Waals surface area contributed by atoms with E-state index < -0.39 is 11.9 Å². The van der Waals surface area contributed by atoms with Crippen molar-refractivity contribution in [2.45, 2.75) is 32.6 Å². The summed E-state index contributed by atoms with van der Waals surface area (Å²) in [5.41, 5.74) is 3.14. The molecule has 0 aromatic heterocycles. The summed E-state index contributed by atoms with van der Waals surface area (Å²) < 4.78 is 5.68. The number of aryl methyl sites for hydroxylation is 2. The van der Waals surface area contributed by atoms with Crippen LogP contribution < -0.4 is 4.74 Å². The molecule has 0 aliphatic heterocycles. The van der Waals surface area contributed by atoms with Gasteiger partial charge < -0.3 is 9.84 Å². The molecule has 1 N–H and O–H groups in total. The lowest BCUT2D eigenvalue weighted by Crippen LogP contribution is -2.13. The van der Waals surface area contributed by atoms with Crippen LogP contribution in [0.25, 0.3) is 0 Å². The third kappa shape index (κ3) is 4.62. The Labute approximate surface area is 131 Å². The second-order valence-electron chi connectivity index (χ2n) is 5.61. The molecule has 0 saturated heterocycles. The summed E-state index contributed by atoms with van der Waals surface area (Å²) >= 11 is 0. The summed E-state index contributed by atoms with van der Waals surface area (Å²) in [4.78, 5) is 11.5. The predicted octanol–water partition coefficient (Wildman–Crippen LogP) is 4.33. The van der Waals surface area contributed by atoms with Gasteiger partial charge in [-0.05, 0) is 49.9 Å². The quantitative estimate of drug-likeness (QED) is 0.774. The van der Waals surface area contributed by atoms with E-state index in [2.05, 4.69) is 0 Å². The predicted molar refractivity (Wildman–Crippen MR) is 87.5 cm³/mol. The summed E-state index contributed by atoms with van der Waals surface area (Å²) in [6.45, 7) is 4.54. The molecule has 0 radical (unpaired) electrons. The number of carboxylic acid groups (broad SMARTS) is 1. The number of carbonyl (C=O) groups is 1. The molecule has 2 aromatic rings. The highest BCUT2D eigenvalue weighted by molar-refractivity contribution is 5.76. The van der Waals surface area contributed by atoms with Crippen LogP contribution >= 0.6 is 0 Å². The van der Waals surface area contributed by atoms with E-state index in [-0.39, 0.29) is 0 Å². The average molecular weight is 298 g/mol. The van der Waals surface area contributed by atoms with Gasteiger partial charge in [0.05, 0.1) is 12.5 Å². The van der Waals surface area contributed by atoms with E-state index in [1.54, 1.807) is 0 Å². The highest BCUT2D eigenvalue weighted by Gasteiger charge is 2.19. The Kier molecular flexibility index (Phi) is 5.59. The van der Waals surface area contributed by atoms with Crippen LogP contribution in [0, 0.1) is 13.8 Å². The number of benzene rings is 2. The molecule has 2 aromatic carbocycles. The molecular formula is C19H22O3. The Morgan fingerprint density at radius 2 is 1.82 bits per heavy atom. The largest absolute Gasteiger partial charge is 0.494 e. The Balaban J connectivity index is 1.87. The standard InChI is InChI=1S/C19H22O3/c1-14-8-10-16(11-9-14)18(19(20)21)7-4-12-22-17-6-3-5-15(2)13-17/h3,5-6,8-11,13,18H,4,7,12H2,1-2H3,(H,20,21). The number of carboxylic acids is 1. The zero-order valence-electron chi connectivity index (χ0n) is 13.1. The fourth-order valence-corrected chi connectivity index (χ4v) is 2.41. The van der Waals surface area contributed by atoms with E-state index >= 15 is 0 Å². The third-order valence-electron chi connectivity index (χ3n) is 3.67. The first kappa shape index (κ1) is 16.1. The highest BCUT2D eigenvalue weighted by atomic mass is 16.5. The van der Waals surface area contributed by atoms with Gasteiger partial charge in [-0.25, -0.2) is 0 Å². The molecule has 116 valence electrons. The number of hydrogen-bond acceptors (Lipinski definition) is 2. The summed E-state index contributed by atoms with van der Waals surface area (Å²) in [6, 6.07) is 15.6. The molecule has 0 bridgehead atoms. The van der Waals surface area contributed by atoms with Crippen LogP contribution in [-0.2, 0) is 4.79 Å². The number of rotatable bonds is 7. The molecule has 0 aliphatic rings. The fraction of sp³-hybridized carbons (Fsp3) is 0.316. The zero-order chi connectivity index (χ0) is 15.9. The molecule has 0 aliphatic carbocycles. The van der Waals surface area contributed by atoms with Crippen LogP contribution in [0.2, 0.25) is 0 Å². The minimum absolute atomic E-state index is 0.471. The molecule has 3 heteroatoms. The number of aliphatic carboxylic acids is 1. The SMILES string of the molecule is Cc1ccc(C(CCCOc2cccc(C)c2)C(=O)O)cc1. The van der Waals surface area contributed by atoms with Crippen molar-refractivity contribution in [1.29, 1.82) is 0 Å². The first-order chi connectivity index (χ1) is 10.6. The maximum atomic E-state index is 11.5. The lowest BCUT2D eigenvalue weighted by atomic mass is 9.94. The maximum Gasteiger partial charge on any atom is 0.310 e. The van der Waals surface area contributed by atoms with Crippen LogP contribution in [0.4, 0.5) is 0 Å². The van der Waals surface area contributed by atoms with Gasteiger partial charge in [0.15, 0.2) is 0 Å². The molecule has 1 unspecified atom stereocenters. The molecule has 0 amide bonds. The van der Waals surface area contributed by atoms with Crippen molar-refractivity contribution in [3.63, 3.8) is 0 Å². The van der Waals surface area contributed by atoms with Crippen molar-refractivity contribution in [1.82, 2.24) is 0 Å². The summed E-state index contributed by atoms with van der Waals surface area (Å²) in [5, 5.41) is 9.41. The first-order valence-electron chi connectivity index (χ1n) is 7.55. The minimum Gasteiger partial charge on any atom is -0.494 e. The van der Waals surface area contributed by atoms with E-state index in [1.165, 1.54) is 0 Å². The summed E-state index contributed by atoms with van der Waals surface area (Å²) in [7, 11) is 0.